The first kappa shape index (κ1) is 20.7. The van der Waals surface area contributed by atoms with E-state index in [1.165, 1.54) is 0 Å². The Hall–Kier alpha value is -1.59. The first-order chi connectivity index (χ1) is 12.0. The molecule has 1 aromatic rings. The van der Waals surface area contributed by atoms with Crippen molar-refractivity contribution in [3.05, 3.63) is 34.9 Å². The molecule has 0 aliphatic carbocycles. The zero-order valence-corrected chi connectivity index (χ0v) is 16.8. The van der Waals surface area contributed by atoms with Crippen LogP contribution in [-0.4, -0.2) is 60.9 Å². The topological polar surface area (TPSA) is 52.7 Å². The standard InChI is InChI=1S/C20H29N3O2.ClH/c1-14-9-15(2)11-17(10-14)20(25)23-8-4-5-16(13-23)19(24)22(3)18-6-7-21-12-18;/h9-11,16,18,21H,4-8,12-13H2,1-3H3;1H. The molecule has 0 spiro atoms. The Morgan fingerprint density at radius 1 is 1.15 bits per heavy atom. The zero-order chi connectivity index (χ0) is 18.0. The third-order valence-corrected chi connectivity index (χ3v) is 5.46. The number of carbonyl (C=O) groups is 2. The third-order valence-electron chi connectivity index (χ3n) is 5.46. The van der Waals surface area contributed by atoms with E-state index in [0.29, 0.717) is 6.54 Å². The number of likely N-dealkylation sites (tertiary alicyclic amines) is 1. The number of nitrogens with zero attached hydrogens (tertiary/aromatic N) is 2. The number of piperidine rings is 1. The fourth-order valence-electron chi connectivity index (χ4n) is 4.08. The highest BCUT2D eigenvalue weighted by atomic mass is 35.5. The summed E-state index contributed by atoms with van der Waals surface area (Å²) in [5.41, 5.74) is 2.93. The Morgan fingerprint density at radius 2 is 1.85 bits per heavy atom. The predicted octanol–water partition coefficient (Wildman–Crippen LogP) is 2.40. The lowest BCUT2D eigenvalue weighted by Gasteiger charge is -2.35. The van der Waals surface area contributed by atoms with Crippen molar-refractivity contribution in [1.29, 1.82) is 0 Å². The molecule has 26 heavy (non-hydrogen) atoms. The fraction of sp³-hybridized carbons (Fsp3) is 0.600. The van der Waals surface area contributed by atoms with E-state index in [0.717, 1.165) is 55.6 Å². The summed E-state index contributed by atoms with van der Waals surface area (Å²) >= 11 is 0. The molecule has 2 fully saturated rings. The molecule has 0 aromatic heterocycles. The zero-order valence-electron chi connectivity index (χ0n) is 16.0. The molecule has 2 amide bonds. The van der Waals surface area contributed by atoms with Crippen molar-refractivity contribution in [3.8, 4) is 0 Å². The molecule has 5 nitrogen and oxygen atoms in total. The summed E-state index contributed by atoms with van der Waals surface area (Å²) in [6, 6.07) is 6.25. The van der Waals surface area contributed by atoms with Gasteiger partial charge in [0.15, 0.2) is 0 Å². The smallest absolute Gasteiger partial charge is 0.253 e. The van der Waals surface area contributed by atoms with E-state index in [9.17, 15) is 9.59 Å². The van der Waals surface area contributed by atoms with Crippen molar-refractivity contribution in [2.75, 3.05) is 33.2 Å². The van der Waals surface area contributed by atoms with Crippen molar-refractivity contribution in [1.82, 2.24) is 15.1 Å². The average Bonchev–Trinajstić information content (AvgIpc) is 3.13. The Kier molecular flexibility index (Phi) is 7.07. The van der Waals surface area contributed by atoms with E-state index < -0.39 is 0 Å². The second-order valence-electron chi connectivity index (χ2n) is 7.56. The summed E-state index contributed by atoms with van der Waals surface area (Å²) < 4.78 is 0. The number of nitrogens with one attached hydrogen (secondary N) is 1. The van der Waals surface area contributed by atoms with Crippen LogP contribution in [0.4, 0.5) is 0 Å². The van der Waals surface area contributed by atoms with Crippen LogP contribution < -0.4 is 5.32 Å². The second kappa shape index (κ2) is 8.87. The first-order valence-corrected chi connectivity index (χ1v) is 9.30. The van der Waals surface area contributed by atoms with E-state index in [1.54, 1.807) is 0 Å². The highest BCUT2D eigenvalue weighted by Crippen LogP contribution is 2.22. The Labute approximate surface area is 162 Å². The van der Waals surface area contributed by atoms with Crippen molar-refractivity contribution < 1.29 is 9.59 Å². The molecule has 1 N–H and O–H groups in total. The average molecular weight is 380 g/mol. The van der Waals surface area contributed by atoms with Crippen LogP contribution in [0.25, 0.3) is 0 Å². The van der Waals surface area contributed by atoms with E-state index in [2.05, 4.69) is 11.4 Å². The number of amides is 2. The number of halogens is 1. The second-order valence-corrected chi connectivity index (χ2v) is 7.56. The van der Waals surface area contributed by atoms with Gasteiger partial charge < -0.3 is 15.1 Å². The van der Waals surface area contributed by atoms with Gasteiger partial charge in [-0.25, -0.2) is 0 Å². The molecule has 0 saturated carbocycles. The van der Waals surface area contributed by atoms with E-state index in [-0.39, 0.29) is 36.2 Å². The third kappa shape index (κ3) is 4.57. The molecule has 2 atom stereocenters. The maximum absolute atomic E-state index is 12.9. The van der Waals surface area contributed by atoms with E-state index >= 15 is 0 Å². The van der Waals surface area contributed by atoms with Gasteiger partial charge >= 0.3 is 0 Å². The van der Waals surface area contributed by atoms with Crippen LogP contribution in [0.15, 0.2) is 18.2 Å². The molecule has 6 heteroatoms. The molecule has 2 heterocycles. The quantitative estimate of drug-likeness (QED) is 0.877. The van der Waals surface area contributed by atoms with Gasteiger partial charge in [-0.15, -0.1) is 12.4 Å². The van der Waals surface area contributed by atoms with Gasteiger partial charge in [-0.2, -0.15) is 0 Å². The Balaban J connectivity index is 0.00000243. The summed E-state index contributed by atoms with van der Waals surface area (Å²) in [6.45, 7) is 7.15. The monoisotopic (exact) mass is 379 g/mol. The van der Waals surface area contributed by atoms with Gasteiger partial charge in [0.05, 0.1) is 5.92 Å². The van der Waals surface area contributed by atoms with Gasteiger partial charge in [0.1, 0.15) is 0 Å². The molecule has 2 unspecified atom stereocenters. The lowest BCUT2D eigenvalue weighted by molar-refractivity contribution is -0.137. The molecule has 2 aliphatic rings. The normalized spacial score (nSPS) is 22.7. The summed E-state index contributed by atoms with van der Waals surface area (Å²) in [5, 5.41) is 3.31. The summed E-state index contributed by atoms with van der Waals surface area (Å²) in [4.78, 5) is 29.5. The summed E-state index contributed by atoms with van der Waals surface area (Å²) in [7, 11) is 1.91. The minimum atomic E-state index is -0.0748. The van der Waals surface area contributed by atoms with E-state index in [1.807, 2.05) is 42.8 Å². The number of hydrogen-bond donors (Lipinski definition) is 1. The largest absolute Gasteiger partial charge is 0.341 e. The maximum atomic E-state index is 12.9. The maximum Gasteiger partial charge on any atom is 0.253 e. The van der Waals surface area contributed by atoms with Gasteiger partial charge in [0.2, 0.25) is 5.91 Å². The van der Waals surface area contributed by atoms with Crippen molar-refractivity contribution >= 4 is 24.2 Å². The highest BCUT2D eigenvalue weighted by Gasteiger charge is 2.33. The highest BCUT2D eigenvalue weighted by molar-refractivity contribution is 5.95. The SMILES string of the molecule is Cc1cc(C)cc(C(=O)N2CCCC(C(=O)N(C)C3CCNC3)C2)c1.Cl. The lowest BCUT2D eigenvalue weighted by Crippen LogP contribution is -2.48. The molecule has 144 valence electrons. The number of benzene rings is 1. The molecule has 0 bridgehead atoms. The van der Waals surface area contributed by atoms with Gasteiger partial charge in [0, 0.05) is 38.3 Å². The van der Waals surface area contributed by atoms with Crippen molar-refractivity contribution in [2.45, 2.75) is 39.2 Å². The number of rotatable bonds is 3. The van der Waals surface area contributed by atoms with Crippen LogP contribution in [0, 0.1) is 19.8 Å². The molecule has 3 rings (SSSR count). The number of carbonyl (C=O) groups excluding carboxylic acids is 2. The number of hydrogen-bond acceptors (Lipinski definition) is 3. The molecule has 0 radical (unpaired) electrons. The van der Waals surface area contributed by atoms with Crippen LogP contribution in [0.3, 0.4) is 0 Å². The van der Waals surface area contributed by atoms with Crippen LogP contribution in [0.2, 0.25) is 0 Å². The molecular formula is C20H30ClN3O2. The predicted molar refractivity (Wildman–Crippen MR) is 106 cm³/mol. The Morgan fingerprint density at radius 3 is 2.46 bits per heavy atom. The van der Waals surface area contributed by atoms with Gasteiger partial charge in [0.25, 0.3) is 5.91 Å². The van der Waals surface area contributed by atoms with Crippen molar-refractivity contribution in [3.63, 3.8) is 0 Å². The van der Waals surface area contributed by atoms with Crippen LogP contribution in [0.5, 0.6) is 0 Å². The minimum Gasteiger partial charge on any atom is -0.341 e. The molecule has 2 aliphatic heterocycles. The summed E-state index contributed by atoms with van der Waals surface area (Å²) in [5.74, 6) is 0.162. The van der Waals surface area contributed by atoms with Crippen LogP contribution in [-0.2, 0) is 4.79 Å². The molecule has 2 saturated heterocycles. The Bertz CT molecular complexity index is 638. The first-order valence-electron chi connectivity index (χ1n) is 9.30. The van der Waals surface area contributed by atoms with Gasteiger partial charge in [-0.1, -0.05) is 17.2 Å². The van der Waals surface area contributed by atoms with Gasteiger partial charge in [-0.3, -0.25) is 9.59 Å². The van der Waals surface area contributed by atoms with Crippen LogP contribution in [0.1, 0.15) is 40.7 Å². The van der Waals surface area contributed by atoms with Gasteiger partial charge in [-0.05, 0) is 51.8 Å². The van der Waals surface area contributed by atoms with E-state index in [4.69, 9.17) is 0 Å². The van der Waals surface area contributed by atoms with Crippen molar-refractivity contribution in [2.24, 2.45) is 5.92 Å². The summed E-state index contributed by atoms with van der Waals surface area (Å²) in [6.07, 6.45) is 2.78. The number of aryl methyl sites for hydroxylation is 2. The fourth-order valence-corrected chi connectivity index (χ4v) is 4.08. The minimum absolute atomic E-state index is 0. The lowest BCUT2D eigenvalue weighted by atomic mass is 9.95. The molecule has 1 aromatic carbocycles. The van der Waals surface area contributed by atoms with Crippen LogP contribution >= 0.6 is 12.4 Å². The molecular weight excluding hydrogens is 350 g/mol. The number of likely N-dealkylation sites (N-methyl/N-ethyl adjacent to an activating group) is 1.